The van der Waals surface area contributed by atoms with E-state index >= 15 is 0 Å². The van der Waals surface area contributed by atoms with Crippen molar-refractivity contribution in [1.29, 1.82) is 0 Å². The Morgan fingerprint density at radius 2 is 2.08 bits per heavy atom. The van der Waals surface area contributed by atoms with E-state index in [1.165, 1.54) is 0 Å². The largest absolute Gasteiger partial charge is 0.352 e. The molecule has 2 saturated heterocycles. The van der Waals surface area contributed by atoms with Crippen LogP contribution in [-0.2, 0) is 4.79 Å². The standard InChI is InChI=1S/C17H23N5OS.ClH/c1-12-10-13(2-4-18-12)17(23)22-7-5-21(6-8-22)16-15-14(3-9-24-15)19-11-20-16;/h3,9,11-13,18H,2,4-8,10H2,1H3;1H/t12-,13-;/m0./s1. The van der Waals surface area contributed by atoms with E-state index < -0.39 is 0 Å². The quantitative estimate of drug-likeness (QED) is 0.863. The summed E-state index contributed by atoms with van der Waals surface area (Å²) < 4.78 is 1.14. The van der Waals surface area contributed by atoms with Gasteiger partial charge >= 0.3 is 0 Å². The van der Waals surface area contributed by atoms with E-state index in [9.17, 15) is 4.79 Å². The number of hydrogen-bond donors (Lipinski definition) is 1. The van der Waals surface area contributed by atoms with Crippen molar-refractivity contribution in [2.75, 3.05) is 37.6 Å². The fourth-order valence-electron chi connectivity index (χ4n) is 3.75. The Bertz CT molecular complexity index is 731. The number of nitrogens with zero attached hydrogens (tertiary/aromatic N) is 4. The highest BCUT2D eigenvalue weighted by atomic mass is 35.5. The third kappa shape index (κ3) is 3.73. The summed E-state index contributed by atoms with van der Waals surface area (Å²) in [5.41, 5.74) is 1.01. The van der Waals surface area contributed by atoms with Crippen LogP contribution in [0.4, 0.5) is 5.82 Å². The number of aromatic nitrogens is 2. The molecule has 2 aliphatic rings. The van der Waals surface area contributed by atoms with Crippen molar-refractivity contribution in [1.82, 2.24) is 20.2 Å². The zero-order valence-corrected chi connectivity index (χ0v) is 16.0. The molecule has 2 fully saturated rings. The van der Waals surface area contributed by atoms with E-state index in [2.05, 4.69) is 32.5 Å². The van der Waals surface area contributed by atoms with Crippen LogP contribution in [0, 0.1) is 5.92 Å². The van der Waals surface area contributed by atoms with Crippen molar-refractivity contribution in [3.63, 3.8) is 0 Å². The number of piperazine rings is 1. The van der Waals surface area contributed by atoms with Crippen LogP contribution in [0.25, 0.3) is 10.2 Å². The zero-order chi connectivity index (χ0) is 16.5. The molecule has 0 aliphatic carbocycles. The summed E-state index contributed by atoms with van der Waals surface area (Å²) in [5.74, 6) is 1.54. The second-order valence-corrected chi connectivity index (χ2v) is 7.64. The van der Waals surface area contributed by atoms with E-state index in [-0.39, 0.29) is 18.3 Å². The van der Waals surface area contributed by atoms with E-state index in [0.717, 1.165) is 61.6 Å². The topological polar surface area (TPSA) is 61.4 Å². The molecule has 0 saturated carbocycles. The highest BCUT2D eigenvalue weighted by Crippen LogP contribution is 2.29. The van der Waals surface area contributed by atoms with Gasteiger partial charge in [0.05, 0.1) is 10.2 Å². The summed E-state index contributed by atoms with van der Waals surface area (Å²) in [6.07, 6.45) is 3.56. The number of carbonyl (C=O) groups is 1. The molecule has 2 aromatic heterocycles. The number of amides is 1. The predicted octanol–water partition coefficient (Wildman–Crippen LogP) is 2.15. The van der Waals surface area contributed by atoms with Crippen LogP contribution in [0.1, 0.15) is 19.8 Å². The van der Waals surface area contributed by atoms with Crippen molar-refractivity contribution < 1.29 is 4.79 Å². The molecule has 0 unspecified atom stereocenters. The number of rotatable bonds is 2. The maximum Gasteiger partial charge on any atom is 0.225 e. The van der Waals surface area contributed by atoms with E-state index in [0.29, 0.717) is 11.9 Å². The lowest BCUT2D eigenvalue weighted by Gasteiger charge is -2.38. The van der Waals surface area contributed by atoms with Gasteiger partial charge in [-0.1, -0.05) is 0 Å². The number of carbonyl (C=O) groups excluding carboxylic acids is 1. The first-order valence-electron chi connectivity index (χ1n) is 8.67. The van der Waals surface area contributed by atoms with E-state index in [1.54, 1.807) is 17.7 Å². The number of fused-ring (bicyclic) bond motifs is 1. The van der Waals surface area contributed by atoms with Crippen LogP contribution in [0.3, 0.4) is 0 Å². The fourth-order valence-corrected chi connectivity index (χ4v) is 4.62. The summed E-state index contributed by atoms with van der Waals surface area (Å²) >= 11 is 1.68. The Balaban J connectivity index is 0.00000182. The van der Waals surface area contributed by atoms with Gasteiger partial charge in [0.25, 0.3) is 0 Å². The maximum atomic E-state index is 12.8. The molecule has 2 aromatic rings. The van der Waals surface area contributed by atoms with Crippen molar-refractivity contribution >= 4 is 45.7 Å². The molecule has 8 heteroatoms. The smallest absolute Gasteiger partial charge is 0.225 e. The minimum Gasteiger partial charge on any atom is -0.352 e. The third-order valence-electron chi connectivity index (χ3n) is 5.09. The Labute approximate surface area is 158 Å². The highest BCUT2D eigenvalue weighted by molar-refractivity contribution is 7.17. The third-order valence-corrected chi connectivity index (χ3v) is 5.99. The number of halogens is 1. The number of thiophene rings is 1. The Morgan fingerprint density at radius 1 is 1.28 bits per heavy atom. The number of nitrogens with one attached hydrogen (secondary N) is 1. The molecule has 0 bridgehead atoms. The summed E-state index contributed by atoms with van der Waals surface area (Å²) in [6.45, 7) is 6.38. The number of piperidine rings is 1. The molecule has 4 rings (SSSR count). The molecule has 2 atom stereocenters. The van der Waals surface area contributed by atoms with Gasteiger partial charge < -0.3 is 15.1 Å². The predicted molar refractivity (Wildman–Crippen MR) is 104 cm³/mol. The first kappa shape index (κ1) is 18.4. The van der Waals surface area contributed by atoms with Gasteiger partial charge in [-0.15, -0.1) is 23.7 Å². The second-order valence-electron chi connectivity index (χ2n) is 6.72. The molecule has 25 heavy (non-hydrogen) atoms. The molecule has 0 spiro atoms. The summed E-state index contributed by atoms with van der Waals surface area (Å²) in [4.78, 5) is 25.9. The zero-order valence-electron chi connectivity index (χ0n) is 14.4. The average Bonchev–Trinajstić information content (AvgIpc) is 3.10. The average molecular weight is 382 g/mol. The number of anilines is 1. The first-order valence-corrected chi connectivity index (χ1v) is 9.55. The SMILES string of the molecule is C[C@H]1C[C@@H](C(=O)N2CCN(c3ncnc4ccsc34)CC2)CCN1.Cl. The van der Waals surface area contributed by atoms with Crippen LogP contribution in [0.15, 0.2) is 17.8 Å². The Kier molecular flexibility index (Phi) is 5.76. The molecule has 2 aliphatic heterocycles. The lowest BCUT2D eigenvalue weighted by molar-refractivity contribution is -0.137. The van der Waals surface area contributed by atoms with Gasteiger partial charge in [-0.2, -0.15) is 0 Å². The van der Waals surface area contributed by atoms with Crippen molar-refractivity contribution in [2.24, 2.45) is 5.92 Å². The lowest BCUT2D eigenvalue weighted by Crippen LogP contribution is -2.52. The molecule has 1 amide bonds. The van der Waals surface area contributed by atoms with Crippen molar-refractivity contribution in [3.05, 3.63) is 17.8 Å². The molecule has 0 aromatic carbocycles. The van der Waals surface area contributed by atoms with Gasteiger partial charge in [0.2, 0.25) is 5.91 Å². The highest BCUT2D eigenvalue weighted by Gasteiger charge is 2.31. The molecule has 4 heterocycles. The summed E-state index contributed by atoms with van der Waals surface area (Å²) in [6, 6.07) is 2.48. The molecule has 136 valence electrons. The molecular weight excluding hydrogens is 358 g/mol. The minimum absolute atomic E-state index is 0. The van der Waals surface area contributed by atoms with Gasteiger partial charge in [0.1, 0.15) is 12.1 Å². The fraction of sp³-hybridized carbons (Fsp3) is 0.588. The van der Waals surface area contributed by atoms with Gasteiger partial charge in [0, 0.05) is 38.1 Å². The molecule has 6 nitrogen and oxygen atoms in total. The normalized spacial score (nSPS) is 24.2. The van der Waals surface area contributed by atoms with Crippen LogP contribution in [0.5, 0.6) is 0 Å². The van der Waals surface area contributed by atoms with Gasteiger partial charge in [-0.05, 0) is 37.8 Å². The molecule has 1 N–H and O–H groups in total. The first-order chi connectivity index (χ1) is 11.7. The van der Waals surface area contributed by atoms with Gasteiger partial charge in [-0.25, -0.2) is 9.97 Å². The van der Waals surface area contributed by atoms with Crippen molar-refractivity contribution in [3.8, 4) is 0 Å². The maximum absolute atomic E-state index is 12.8. The number of hydrogen-bond acceptors (Lipinski definition) is 6. The van der Waals surface area contributed by atoms with Gasteiger partial charge in [0.15, 0.2) is 0 Å². The van der Waals surface area contributed by atoms with Crippen LogP contribution < -0.4 is 10.2 Å². The Hall–Kier alpha value is -1.44. The summed E-state index contributed by atoms with van der Waals surface area (Å²) in [7, 11) is 0. The van der Waals surface area contributed by atoms with Crippen LogP contribution in [0.2, 0.25) is 0 Å². The van der Waals surface area contributed by atoms with Gasteiger partial charge in [-0.3, -0.25) is 4.79 Å². The monoisotopic (exact) mass is 381 g/mol. The summed E-state index contributed by atoms with van der Waals surface area (Å²) in [5, 5.41) is 5.48. The molecule has 0 radical (unpaired) electrons. The molecular formula is C17H24ClN5OS. The van der Waals surface area contributed by atoms with Crippen molar-refractivity contribution in [2.45, 2.75) is 25.8 Å². The van der Waals surface area contributed by atoms with Crippen LogP contribution >= 0.6 is 23.7 Å². The van der Waals surface area contributed by atoms with Crippen LogP contribution in [-0.4, -0.2) is 59.5 Å². The van der Waals surface area contributed by atoms with E-state index in [1.807, 2.05) is 11.0 Å². The lowest BCUT2D eigenvalue weighted by atomic mass is 9.92. The minimum atomic E-state index is 0. The second kappa shape index (κ2) is 7.85. The Morgan fingerprint density at radius 3 is 2.84 bits per heavy atom. The van der Waals surface area contributed by atoms with E-state index in [4.69, 9.17) is 0 Å².